The van der Waals surface area contributed by atoms with Gasteiger partial charge in [-0.3, -0.25) is 10.1 Å². The topological polar surface area (TPSA) is 111 Å². The van der Waals surface area contributed by atoms with Crippen LogP contribution < -0.4 is 0 Å². The quantitative estimate of drug-likeness (QED) is 0.678. The third-order valence-corrected chi connectivity index (χ3v) is 2.53. The monoisotopic (exact) mass is 330 g/mol. The minimum atomic E-state index is -1.58. The summed E-state index contributed by atoms with van der Waals surface area (Å²) in [6, 6.07) is 1.08. The van der Waals surface area contributed by atoms with E-state index >= 15 is 0 Å². The van der Waals surface area contributed by atoms with Crippen LogP contribution in [0, 0.1) is 15.9 Å². The molecule has 0 spiro atoms. The lowest BCUT2D eigenvalue weighted by Crippen LogP contribution is -2.05. The summed E-state index contributed by atoms with van der Waals surface area (Å²) in [4.78, 5) is 24.3. The summed E-state index contributed by atoms with van der Waals surface area (Å²) in [5.74, 6) is -2.72. The molecule has 0 aliphatic carbocycles. The summed E-state index contributed by atoms with van der Waals surface area (Å²) in [7, 11) is 0. The van der Waals surface area contributed by atoms with Crippen molar-refractivity contribution < 1.29 is 19.2 Å². The summed E-state index contributed by atoms with van der Waals surface area (Å²) in [6.07, 6.45) is 2.05. The number of nitro groups is 1. The van der Waals surface area contributed by atoms with Crippen molar-refractivity contribution in [3.8, 4) is 5.82 Å². The van der Waals surface area contributed by atoms with Gasteiger partial charge in [0.05, 0.1) is 4.92 Å². The molecule has 0 fully saturated rings. The molecule has 0 aliphatic heterocycles. The number of hydrogen-bond acceptors (Lipinski definition) is 5. The number of carbonyl (C=O) groups is 1. The fraction of sp³-hybridized carbons (Fsp3) is 0. The van der Waals surface area contributed by atoms with E-state index in [9.17, 15) is 19.3 Å². The summed E-state index contributed by atoms with van der Waals surface area (Å²) in [5, 5.41) is 22.9. The number of aromatic nitrogens is 3. The molecule has 8 nitrogen and oxygen atoms in total. The molecule has 2 aromatic heterocycles. The van der Waals surface area contributed by atoms with Crippen LogP contribution in [-0.2, 0) is 0 Å². The zero-order valence-corrected chi connectivity index (χ0v) is 10.5. The maximum atomic E-state index is 13.6. The fourth-order valence-electron chi connectivity index (χ4n) is 1.34. The first-order valence-corrected chi connectivity index (χ1v) is 5.48. The molecule has 0 saturated carbocycles. The predicted octanol–water partition coefficient (Wildman–Crippen LogP) is 1.78. The van der Waals surface area contributed by atoms with E-state index < -0.39 is 28.1 Å². The Morgan fingerprint density at radius 2 is 2.26 bits per heavy atom. The lowest BCUT2D eigenvalue weighted by atomic mass is 10.4. The summed E-state index contributed by atoms with van der Waals surface area (Å²) >= 11 is 3.00. The number of pyridine rings is 1. The van der Waals surface area contributed by atoms with Gasteiger partial charge in [0.15, 0.2) is 11.6 Å². The van der Waals surface area contributed by atoms with Crippen molar-refractivity contribution in [1.29, 1.82) is 0 Å². The number of aromatic carboxylic acids is 1. The van der Waals surface area contributed by atoms with Gasteiger partial charge in [-0.1, -0.05) is 0 Å². The molecule has 0 unspecified atom stereocenters. The highest BCUT2D eigenvalue weighted by molar-refractivity contribution is 9.10. The molecule has 0 radical (unpaired) electrons. The van der Waals surface area contributed by atoms with Crippen molar-refractivity contribution in [1.82, 2.24) is 14.8 Å². The normalized spacial score (nSPS) is 10.4. The van der Waals surface area contributed by atoms with Crippen molar-refractivity contribution >= 4 is 27.6 Å². The number of carboxylic acid groups (broad SMARTS) is 1. The van der Waals surface area contributed by atoms with E-state index in [4.69, 9.17) is 5.11 Å². The van der Waals surface area contributed by atoms with E-state index in [0.717, 1.165) is 12.3 Å². The minimum Gasteiger partial charge on any atom is -0.476 e. The van der Waals surface area contributed by atoms with Crippen molar-refractivity contribution in [2.45, 2.75) is 0 Å². The third-order valence-electron chi connectivity index (χ3n) is 2.10. The van der Waals surface area contributed by atoms with Crippen molar-refractivity contribution in [2.24, 2.45) is 0 Å². The largest absolute Gasteiger partial charge is 0.476 e. The molecule has 2 heterocycles. The number of carboxylic acids is 1. The second-order valence-corrected chi connectivity index (χ2v) is 4.24. The minimum absolute atomic E-state index is 0.334. The van der Waals surface area contributed by atoms with Gasteiger partial charge in [0.25, 0.3) is 0 Å². The summed E-state index contributed by atoms with van der Waals surface area (Å²) in [6.45, 7) is 0. The highest BCUT2D eigenvalue weighted by Crippen LogP contribution is 2.21. The van der Waals surface area contributed by atoms with E-state index in [1.165, 1.54) is 6.20 Å². The predicted molar refractivity (Wildman–Crippen MR) is 62.6 cm³/mol. The number of halogens is 2. The van der Waals surface area contributed by atoms with Crippen molar-refractivity contribution in [3.05, 3.63) is 44.6 Å². The molecule has 0 aliphatic rings. The molecule has 0 amide bonds. The van der Waals surface area contributed by atoms with Crippen LogP contribution in [0.1, 0.15) is 10.5 Å². The lowest BCUT2D eigenvalue weighted by molar-refractivity contribution is -0.385. The Hall–Kier alpha value is -2.36. The van der Waals surface area contributed by atoms with Crippen LogP contribution in [0.25, 0.3) is 5.82 Å². The second-order valence-electron chi connectivity index (χ2n) is 3.33. The highest BCUT2D eigenvalue weighted by Gasteiger charge is 2.26. The van der Waals surface area contributed by atoms with Gasteiger partial charge in [-0.15, -0.1) is 0 Å². The van der Waals surface area contributed by atoms with Gasteiger partial charge in [0.1, 0.15) is 6.20 Å². The zero-order valence-electron chi connectivity index (χ0n) is 8.95. The molecular weight excluding hydrogens is 327 g/mol. The Morgan fingerprint density at radius 1 is 1.58 bits per heavy atom. The molecular formula is C9H4BrFN4O4. The van der Waals surface area contributed by atoms with Crippen LogP contribution in [0.3, 0.4) is 0 Å². The van der Waals surface area contributed by atoms with Gasteiger partial charge in [-0.2, -0.15) is 5.10 Å². The van der Waals surface area contributed by atoms with Crippen LogP contribution in [0.5, 0.6) is 0 Å². The summed E-state index contributed by atoms with van der Waals surface area (Å²) in [5.41, 5.74) is -1.52. The Labute approximate surface area is 112 Å². The Kier molecular flexibility index (Phi) is 3.25. The molecule has 0 atom stereocenters. The van der Waals surface area contributed by atoms with Gasteiger partial charge in [-0.05, 0) is 22.0 Å². The van der Waals surface area contributed by atoms with Gasteiger partial charge in [-0.25, -0.2) is 18.9 Å². The molecule has 10 heteroatoms. The fourth-order valence-corrected chi connectivity index (χ4v) is 1.64. The maximum absolute atomic E-state index is 13.6. The lowest BCUT2D eigenvalue weighted by Gasteiger charge is -2.00. The molecule has 98 valence electrons. The van der Waals surface area contributed by atoms with Crippen LogP contribution >= 0.6 is 15.9 Å². The molecule has 0 saturated heterocycles. The van der Waals surface area contributed by atoms with E-state index in [0.29, 0.717) is 9.15 Å². The van der Waals surface area contributed by atoms with Gasteiger partial charge < -0.3 is 5.11 Å². The van der Waals surface area contributed by atoms with Crippen LogP contribution in [0.2, 0.25) is 0 Å². The van der Waals surface area contributed by atoms with E-state index in [2.05, 4.69) is 26.0 Å². The van der Waals surface area contributed by atoms with Gasteiger partial charge >= 0.3 is 11.7 Å². The molecule has 0 aromatic carbocycles. The van der Waals surface area contributed by atoms with Crippen molar-refractivity contribution in [2.75, 3.05) is 0 Å². The molecule has 0 bridgehead atoms. The second kappa shape index (κ2) is 4.72. The molecule has 2 rings (SSSR count). The number of rotatable bonds is 3. The number of hydrogen-bond donors (Lipinski definition) is 1. The Bertz CT molecular complexity index is 655. The average Bonchev–Trinajstić information content (AvgIpc) is 2.73. The standard InChI is InChI=1S/C9H4BrFN4O4/c10-4-1-5(11)8(12-2-4)14-3-6(15(18)19)7(13-14)9(16)17/h1-3H,(H,16,17). The third kappa shape index (κ3) is 2.42. The first-order valence-electron chi connectivity index (χ1n) is 4.69. The van der Waals surface area contributed by atoms with Crippen LogP contribution in [0.15, 0.2) is 22.9 Å². The first-order chi connectivity index (χ1) is 8.90. The number of nitrogens with zero attached hydrogens (tertiary/aromatic N) is 4. The SMILES string of the molecule is O=C(O)c1nn(-c2ncc(Br)cc2F)cc1[N+](=O)[O-]. The van der Waals surface area contributed by atoms with Crippen LogP contribution in [-0.4, -0.2) is 30.8 Å². The Morgan fingerprint density at radius 3 is 2.74 bits per heavy atom. The maximum Gasteiger partial charge on any atom is 0.363 e. The summed E-state index contributed by atoms with van der Waals surface area (Å²) < 4.78 is 14.7. The van der Waals surface area contributed by atoms with E-state index in [-0.39, 0.29) is 5.82 Å². The first kappa shape index (κ1) is 13.1. The molecule has 1 N–H and O–H groups in total. The van der Waals surface area contributed by atoms with E-state index in [1.807, 2.05) is 0 Å². The zero-order chi connectivity index (χ0) is 14.2. The van der Waals surface area contributed by atoms with Crippen LogP contribution in [0.4, 0.5) is 10.1 Å². The molecule has 19 heavy (non-hydrogen) atoms. The van der Waals surface area contributed by atoms with Gasteiger partial charge in [0, 0.05) is 10.7 Å². The Balaban J connectivity index is 2.60. The van der Waals surface area contributed by atoms with E-state index in [1.54, 1.807) is 0 Å². The highest BCUT2D eigenvalue weighted by atomic mass is 79.9. The van der Waals surface area contributed by atoms with Gasteiger partial charge in [0.2, 0.25) is 5.69 Å². The average molecular weight is 331 g/mol. The molecule has 2 aromatic rings. The smallest absolute Gasteiger partial charge is 0.363 e. The van der Waals surface area contributed by atoms with Crippen molar-refractivity contribution in [3.63, 3.8) is 0 Å².